The van der Waals surface area contributed by atoms with E-state index in [9.17, 15) is 38.1 Å². The average molecular weight is 1300 g/mol. The van der Waals surface area contributed by atoms with E-state index in [2.05, 4.69) is 53.4 Å². The molecule has 0 saturated carbocycles. The summed E-state index contributed by atoms with van der Waals surface area (Å²) in [6.45, 7) is 3.52. The Morgan fingerprint density at radius 3 is 1.36 bits per heavy atom. The van der Waals surface area contributed by atoms with Crippen molar-refractivity contribution in [2.75, 3.05) is 42.2 Å². The Bertz CT molecular complexity index is 2860. The van der Waals surface area contributed by atoms with Crippen LogP contribution < -0.4 is 43.7 Å². The number of amides is 2. The first kappa shape index (κ1) is 61.0. The summed E-state index contributed by atoms with van der Waals surface area (Å²) in [7, 11) is -2.89. The number of benzene rings is 4. The first-order chi connectivity index (χ1) is 35.8. The van der Waals surface area contributed by atoms with Crippen molar-refractivity contribution in [3.8, 4) is 11.5 Å². The fourth-order valence-electron chi connectivity index (χ4n) is 7.76. The van der Waals surface area contributed by atoms with Crippen molar-refractivity contribution in [2.45, 2.75) is 63.8 Å². The van der Waals surface area contributed by atoms with Gasteiger partial charge in [-0.05, 0) is 72.8 Å². The molecule has 10 rings (SSSR count). The van der Waals surface area contributed by atoms with Crippen molar-refractivity contribution in [3.63, 3.8) is 0 Å². The van der Waals surface area contributed by atoms with Gasteiger partial charge in [-0.15, -0.1) is 0 Å². The number of aliphatic hydroxyl groups is 3. The number of halogens is 5. The van der Waals surface area contributed by atoms with Gasteiger partial charge in [-0.3, -0.25) is 14.0 Å². The van der Waals surface area contributed by atoms with Crippen molar-refractivity contribution in [2.24, 2.45) is 0 Å². The molecular weight excluding hydrogens is 1230 g/mol. The van der Waals surface area contributed by atoms with E-state index < -0.39 is 70.4 Å². The Balaban J connectivity index is 0.000000244. The Kier molecular flexibility index (Phi) is 23.8. The third kappa shape index (κ3) is 15.2. The van der Waals surface area contributed by atoms with E-state index in [1.807, 2.05) is 86.1 Å². The highest BCUT2D eigenvalue weighted by molar-refractivity contribution is 14.1. The lowest BCUT2D eigenvalue weighted by Crippen LogP contribution is -3.00. The topological polar surface area (TPSA) is 216 Å². The molecule has 4 aromatic heterocycles. The fraction of sp³-hybridized carbons (Fsp3) is 0.283. The molecule has 2 aliphatic heterocycles. The lowest BCUT2D eigenvalue weighted by atomic mass is 10.1. The highest BCUT2D eigenvalue weighted by Gasteiger charge is 2.47. The van der Waals surface area contributed by atoms with E-state index in [1.54, 1.807) is 72.8 Å². The zero-order valence-corrected chi connectivity index (χ0v) is 44.8. The summed E-state index contributed by atoms with van der Waals surface area (Å²) in [6.07, 6.45) is -6.96. The van der Waals surface area contributed by atoms with Gasteiger partial charge in [0.05, 0.1) is 32.6 Å². The van der Waals surface area contributed by atoms with Gasteiger partial charge in [-0.1, -0.05) is 110 Å². The summed E-state index contributed by atoms with van der Waals surface area (Å²) >= 11 is 2.05. The molecule has 8 atom stereocenters. The van der Waals surface area contributed by atoms with Crippen molar-refractivity contribution < 1.29 is 81.9 Å². The molecule has 2 fully saturated rings. The lowest BCUT2D eigenvalue weighted by Gasteiger charge is -2.16. The molecule has 23 heteroatoms. The Labute approximate surface area is 471 Å². The van der Waals surface area contributed by atoms with Crippen molar-refractivity contribution in [3.05, 3.63) is 181 Å². The number of fused-ring (bicyclic) bond motifs is 2. The quantitative estimate of drug-likeness (QED) is 0.0485. The molecule has 0 bridgehead atoms. The van der Waals surface area contributed by atoms with E-state index in [0.717, 1.165) is 11.5 Å². The normalized spacial score (nSPS) is 20.5. The van der Waals surface area contributed by atoms with Crippen molar-refractivity contribution in [1.29, 1.82) is 0 Å². The van der Waals surface area contributed by atoms with Crippen LogP contribution in [0.5, 0.6) is 11.5 Å². The number of carbonyl (C=O) groups is 2. The predicted molar refractivity (Wildman–Crippen MR) is 291 cm³/mol. The standard InChI is InChI=1S/C18H16FIN4O3.C18H17FN4O4.C14H16O2P.CH3F.2CH4.HI/c19-14-15(25)13(8-20)27-16(14)11-6-7-12-17(21-9-22-24(11)12)23-18(26)10-4-2-1-3-5-10;19-14-15(25)13(8-24)27-16(14)11-6-7-12-17(20-9-21-23(11)12)22-18(26)10-4-2-1-3-5-10;1-17(2,15-13-9-5-3-6-10-13)16-14-11-7-4-8-12-14;1-2;;;/h1-7,9,13-16,25H,8H2,(H,21,22,23,26);1-7,9,13-16,24-25H,8H2,(H,20,21,22,26);3-12H,1-2H3;1H3;2*1H4;1H/q;;+1;;;;/p-1/t2*13-,14-,15-,16+;;;;;/m11...../s1/i;;;1D;;;. The van der Waals surface area contributed by atoms with Crippen molar-refractivity contribution >= 4 is 64.8 Å². The Hall–Kier alpha value is -5.86. The number of nitrogens with one attached hydrogen (secondary N) is 2. The number of aliphatic hydroxyl groups excluding tert-OH is 3. The minimum Gasteiger partial charge on any atom is -1.00 e. The van der Waals surface area contributed by atoms with Crippen LogP contribution in [0.15, 0.2) is 158 Å². The van der Waals surface area contributed by atoms with Gasteiger partial charge < -0.3 is 68.5 Å². The number of carbonyl (C=O) groups excluding carboxylic acids is 2. The molecule has 0 aliphatic carbocycles. The van der Waals surface area contributed by atoms with Gasteiger partial charge in [0.15, 0.2) is 35.5 Å². The molecule has 0 spiro atoms. The van der Waals surface area contributed by atoms with Gasteiger partial charge >= 0.3 is 7.72 Å². The summed E-state index contributed by atoms with van der Waals surface area (Å²) in [4.78, 5) is 33.0. The number of ether oxygens (including phenoxy) is 2. The number of rotatable bonds is 12. The zero-order valence-electron chi connectivity index (χ0n) is 40.6. The van der Waals surface area contributed by atoms with E-state index in [4.69, 9.17) is 19.9 Å². The van der Waals surface area contributed by atoms with Crippen molar-refractivity contribution in [1.82, 2.24) is 29.2 Å². The molecule has 5 N–H and O–H groups in total. The second-order valence-corrected chi connectivity index (χ2v) is 20.2. The number of alkyl halides is 4. The van der Waals surface area contributed by atoms with Gasteiger partial charge in [0.1, 0.15) is 67.5 Å². The Morgan fingerprint density at radius 2 is 1.01 bits per heavy atom. The third-order valence-electron chi connectivity index (χ3n) is 11.2. The van der Waals surface area contributed by atoms with Crippen LogP contribution in [0.3, 0.4) is 0 Å². The first-order valence-corrected chi connectivity index (χ1v) is 26.5. The monoisotopic (exact) mass is 1300 g/mol. The summed E-state index contributed by atoms with van der Waals surface area (Å²) < 4.78 is 70.7. The maximum Gasteiger partial charge on any atom is 0.358 e. The van der Waals surface area contributed by atoms with Gasteiger partial charge in [0.25, 0.3) is 11.8 Å². The van der Waals surface area contributed by atoms with Crippen LogP contribution in [0.25, 0.3) is 11.0 Å². The average Bonchev–Trinajstić information content (AvgIpc) is 4.19. The number of hydrogen-bond acceptors (Lipinski definition) is 13. The molecule has 2 saturated heterocycles. The molecule has 0 radical (unpaired) electrons. The SMILES string of the molecule is C.C.C[P+](C)(Oc1ccccc1)Oc1ccccc1.O=C(Nc1ncnn2c([C@@H]3O[C@H](CI)[C@@H](O)[C@H]3F)ccc12)c1ccccc1.O=C(Nc1ncnn2c([C@@H]3O[C@H](CO)[C@@H](O)[C@H]3F)ccc12)c1ccccc1.[2H]CF.[I-]. The molecule has 2 amide bonds. The van der Waals surface area contributed by atoms with Crippen LogP contribution in [-0.4, -0.2) is 125 Å². The predicted octanol–water partition coefficient (Wildman–Crippen LogP) is 6.78. The van der Waals surface area contributed by atoms with Crippen LogP contribution in [0.1, 0.15) is 60.5 Å². The molecule has 2 aliphatic rings. The van der Waals surface area contributed by atoms with Gasteiger partial charge in [0.2, 0.25) is 0 Å². The molecule has 6 heterocycles. The maximum atomic E-state index is 14.5. The largest absolute Gasteiger partial charge is 1.00 e. The highest BCUT2D eigenvalue weighted by atomic mass is 127. The van der Waals surface area contributed by atoms with E-state index in [0.29, 0.717) is 43.8 Å². The van der Waals surface area contributed by atoms with Gasteiger partial charge in [-0.25, -0.2) is 27.8 Å². The molecule has 17 nitrogen and oxygen atoms in total. The number of anilines is 2. The van der Waals surface area contributed by atoms with Gasteiger partial charge in [0, 0.05) is 15.6 Å². The minimum absolute atomic E-state index is 0. The highest BCUT2D eigenvalue weighted by Crippen LogP contribution is 2.53. The number of aromatic nitrogens is 6. The molecule has 406 valence electrons. The number of hydrogen-bond donors (Lipinski definition) is 5. The first-order valence-electron chi connectivity index (χ1n) is 23.2. The van der Waals surface area contributed by atoms with E-state index in [-0.39, 0.29) is 56.5 Å². The third-order valence-corrected chi connectivity index (χ3v) is 13.4. The zero-order chi connectivity index (χ0) is 52.8. The van der Waals surface area contributed by atoms with Crippen LogP contribution in [0.2, 0.25) is 0 Å². The summed E-state index contributed by atoms with van der Waals surface area (Å²) in [5.41, 5.74) is 2.75. The van der Waals surface area contributed by atoms with E-state index in [1.165, 1.54) is 21.7 Å². The molecule has 8 aromatic rings. The number of nitrogens with zero attached hydrogens (tertiary/aromatic N) is 6. The molecular formula is C53H60F3I2N8O9P. The van der Waals surface area contributed by atoms with E-state index >= 15 is 0 Å². The molecule has 0 unspecified atom stereocenters. The number of para-hydroxylation sites is 2. The van der Waals surface area contributed by atoms with Crippen LogP contribution in [0.4, 0.5) is 24.8 Å². The fourth-order valence-corrected chi connectivity index (χ4v) is 9.78. The van der Waals surface area contributed by atoms with Gasteiger partial charge in [-0.2, -0.15) is 10.2 Å². The second-order valence-electron chi connectivity index (χ2n) is 16.4. The smallest absolute Gasteiger partial charge is 0.358 e. The maximum absolute atomic E-state index is 14.5. The van der Waals surface area contributed by atoms with Crippen LogP contribution in [0, 0.1) is 0 Å². The second kappa shape index (κ2) is 29.6. The lowest BCUT2D eigenvalue weighted by molar-refractivity contribution is -0.0241. The summed E-state index contributed by atoms with van der Waals surface area (Å²) in [5.74, 6) is 1.63. The summed E-state index contributed by atoms with van der Waals surface area (Å²) in [6, 6.07) is 43.5. The molecule has 76 heavy (non-hydrogen) atoms. The van der Waals surface area contributed by atoms with Crippen LogP contribution in [-0.2, 0) is 9.47 Å². The summed E-state index contributed by atoms with van der Waals surface area (Å²) in [5, 5.41) is 42.8. The minimum atomic E-state index is -1.89. The van der Waals surface area contributed by atoms with Crippen LogP contribution >= 0.6 is 30.3 Å². The molecule has 4 aromatic carbocycles. The Morgan fingerprint density at radius 1 is 0.658 bits per heavy atom.